The third-order valence-electron chi connectivity index (χ3n) is 3.40. The summed E-state index contributed by atoms with van der Waals surface area (Å²) in [5.74, 6) is -0.0145. The van der Waals surface area contributed by atoms with E-state index in [1.165, 1.54) is 7.11 Å². The second kappa shape index (κ2) is 5.93. The zero-order valence-electron chi connectivity index (χ0n) is 10.6. The number of nitrogens with two attached hydrogens (primary N) is 1. The van der Waals surface area contributed by atoms with Crippen molar-refractivity contribution in [1.82, 2.24) is 9.88 Å². The van der Waals surface area contributed by atoms with Gasteiger partial charge in [0.25, 0.3) is 5.91 Å². The number of carbonyl (C=O) groups is 1. The van der Waals surface area contributed by atoms with Crippen LogP contribution in [-0.2, 0) is 9.53 Å². The smallest absolute Gasteiger partial charge is 0.253 e. The third-order valence-corrected chi connectivity index (χ3v) is 3.40. The number of likely N-dealkylation sites (tertiary alicyclic amines) is 1. The van der Waals surface area contributed by atoms with Crippen molar-refractivity contribution < 1.29 is 9.53 Å². The number of rotatable bonds is 4. The summed E-state index contributed by atoms with van der Waals surface area (Å²) in [6.45, 7) is 0.987. The van der Waals surface area contributed by atoms with Gasteiger partial charge in [-0.25, -0.2) is 0 Å². The van der Waals surface area contributed by atoms with Crippen LogP contribution in [0.3, 0.4) is 0 Å². The van der Waals surface area contributed by atoms with Gasteiger partial charge in [-0.2, -0.15) is 0 Å². The van der Waals surface area contributed by atoms with Crippen LogP contribution in [0, 0.1) is 0 Å². The standard InChI is InChI=1S/C13H19N3O2/c1-18-12(9-14)13(17)16-8-2-3-11(16)10-4-6-15-7-5-10/h4-7,11-12H,2-3,8-9,14H2,1H3. The number of amides is 1. The van der Waals surface area contributed by atoms with Gasteiger partial charge in [0, 0.05) is 32.6 Å². The van der Waals surface area contributed by atoms with Crippen molar-refractivity contribution in [3.8, 4) is 0 Å². The van der Waals surface area contributed by atoms with E-state index in [1.54, 1.807) is 12.4 Å². The molecule has 5 heteroatoms. The second-order valence-electron chi connectivity index (χ2n) is 4.43. The fourth-order valence-electron chi connectivity index (χ4n) is 2.45. The van der Waals surface area contributed by atoms with Gasteiger partial charge >= 0.3 is 0 Å². The van der Waals surface area contributed by atoms with Gasteiger partial charge in [-0.3, -0.25) is 9.78 Å². The van der Waals surface area contributed by atoms with Crippen LogP contribution in [0.2, 0.25) is 0 Å². The van der Waals surface area contributed by atoms with E-state index >= 15 is 0 Å². The van der Waals surface area contributed by atoms with Crippen LogP contribution in [0.5, 0.6) is 0 Å². The number of ether oxygens (including phenoxy) is 1. The fraction of sp³-hybridized carbons (Fsp3) is 0.538. The minimum Gasteiger partial charge on any atom is -0.370 e. The van der Waals surface area contributed by atoms with Crippen molar-refractivity contribution in [3.63, 3.8) is 0 Å². The molecule has 1 fully saturated rings. The zero-order chi connectivity index (χ0) is 13.0. The number of pyridine rings is 1. The summed E-state index contributed by atoms with van der Waals surface area (Å²) in [5.41, 5.74) is 6.68. The number of aromatic nitrogens is 1. The molecule has 5 nitrogen and oxygen atoms in total. The largest absolute Gasteiger partial charge is 0.370 e. The normalized spacial score (nSPS) is 21.0. The molecule has 1 saturated heterocycles. The molecule has 2 atom stereocenters. The SMILES string of the molecule is COC(CN)C(=O)N1CCCC1c1ccncc1. The molecule has 0 aliphatic carbocycles. The summed E-state index contributed by atoms with van der Waals surface area (Å²) in [6.07, 6.45) is 4.98. The number of hydrogen-bond donors (Lipinski definition) is 1. The number of carbonyl (C=O) groups excluding carboxylic acids is 1. The molecule has 1 aromatic heterocycles. The van der Waals surface area contributed by atoms with Gasteiger partial charge in [-0.15, -0.1) is 0 Å². The molecule has 1 aliphatic heterocycles. The Morgan fingerprint density at radius 3 is 2.94 bits per heavy atom. The van der Waals surface area contributed by atoms with E-state index in [4.69, 9.17) is 10.5 Å². The molecule has 2 rings (SSSR count). The van der Waals surface area contributed by atoms with E-state index in [2.05, 4.69) is 4.98 Å². The predicted octanol–water partition coefficient (Wildman–Crippen LogP) is 0.719. The van der Waals surface area contributed by atoms with Gasteiger partial charge in [0.1, 0.15) is 6.10 Å². The molecule has 2 N–H and O–H groups in total. The summed E-state index contributed by atoms with van der Waals surface area (Å²) >= 11 is 0. The Labute approximate surface area is 107 Å². The van der Waals surface area contributed by atoms with E-state index in [0.29, 0.717) is 0 Å². The predicted molar refractivity (Wildman–Crippen MR) is 67.8 cm³/mol. The highest BCUT2D eigenvalue weighted by Gasteiger charge is 2.33. The van der Waals surface area contributed by atoms with E-state index < -0.39 is 6.10 Å². The van der Waals surface area contributed by atoms with Crippen LogP contribution in [0.4, 0.5) is 0 Å². The topological polar surface area (TPSA) is 68.5 Å². The van der Waals surface area contributed by atoms with E-state index in [1.807, 2.05) is 17.0 Å². The maximum Gasteiger partial charge on any atom is 0.253 e. The molecule has 98 valence electrons. The highest BCUT2D eigenvalue weighted by molar-refractivity contribution is 5.82. The molecule has 0 saturated carbocycles. The Kier molecular flexibility index (Phi) is 4.28. The average molecular weight is 249 g/mol. The molecule has 1 aromatic rings. The Bertz CT molecular complexity index is 392. The zero-order valence-corrected chi connectivity index (χ0v) is 10.6. The van der Waals surface area contributed by atoms with Crippen molar-refractivity contribution in [2.45, 2.75) is 25.0 Å². The first-order valence-corrected chi connectivity index (χ1v) is 6.21. The van der Waals surface area contributed by atoms with Crippen LogP contribution in [0.1, 0.15) is 24.4 Å². The lowest BCUT2D eigenvalue weighted by Gasteiger charge is -2.28. The molecule has 0 radical (unpaired) electrons. The maximum absolute atomic E-state index is 12.3. The van der Waals surface area contributed by atoms with Crippen LogP contribution >= 0.6 is 0 Å². The minimum atomic E-state index is -0.535. The minimum absolute atomic E-state index is 0.0145. The van der Waals surface area contributed by atoms with Crippen LogP contribution in [-0.4, -0.2) is 42.1 Å². The van der Waals surface area contributed by atoms with Gasteiger partial charge in [0.2, 0.25) is 0 Å². The van der Waals surface area contributed by atoms with Crippen molar-refractivity contribution in [2.75, 3.05) is 20.2 Å². The summed E-state index contributed by atoms with van der Waals surface area (Å²) in [7, 11) is 1.52. The second-order valence-corrected chi connectivity index (χ2v) is 4.43. The highest BCUT2D eigenvalue weighted by Crippen LogP contribution is 2.32. The summed E-state index contributed by atoms with van der Waals surface area (Å²) in [6, 6.07) is 4.05. The van der Waals surface area contributed by atoms with Gasteiger partial charge in [0.05, 0.1) is 6.04 Å². The molecule has 0 aromatic carbocycles. The summed E-state index contributed by atoms with van der Waals surface area (Å²) in [4.78, 5) is 18.2. The summed E-state index contributed by atoms with van der Waals surface area (Å²) in [5, 5.41) is 0. The molecular weight excluding hydrogens is 230 g/mol. The lowest BCUT2D eigenvalue weighted by Crippen LogP contribution is -2.43. The van der Waals surface area contributed by atoms with E-state index in [0.717, 1.165) is 24.9 Å². The van der Waals surface area contributed by atoms with E-state index in [-0.39, 0.29) is 18.5 Å². The van der Waals surface area contributed by atoms with Crippen LogP contribution in [0.15, 0.2) is 24.5 Å². The van der Waals surface area contributed by atoms with Crippen LogP contribution in [0.25, 0.3) is 0 Å². The third kappa shape index (κ3) is 2.52. The molecule has 2 heterocycles. The first-order chi connectivity index (χ1) is 8.77. The van der Waals surface area contributed by atoms with Gasteiger partial charge in [-0.1, -0.05) is 0 Å². The molecule has 18 heavy (non-hydrogen) atoms. The first kappa shape index (κ1) is 13.0. The van der Waals surface area contributed by atoms with Gasteiger partial charge < -0.3 is 15.4 Å². The molecule has 0 bridgehead atoms. The van der Waals surface area contributed by atoms with Crippen molar-refractivity contribution in [2.24, 2.45) is 5.73 Å². The lowest BCUT2D eigenvalue weighted by atomic mass is 10.1. The number of nitrogens with zero attached hydrogens (tertiary/aromatic N) is 2. The van der Waals surface area contributed by atoms with Gasteiger partial charge in [0.15, 0.2) is 0 Å². The Morgan fingerprint density at radius 2 is 2.33 bits per heavy atom. The maximum atomic E-state index is 12.3. The number of hydrogen-bond acceptors (Lipinski definition) is 4. The highest BCUT2D eigenvalue weighted by atomic mass is 16.5. The van der Waals surface area contributed by atoms with Crippen molar-refractivity contribution >= 4 is 5.91 Å². The monoisotopic (exact) mass is 249 g/mol. The molecular formula is C13H19N3O2. The van der Waals surface area contributed by atoms with Crippen molar-refractivity contribution in [3.05, 3.63) is 30.1 Å². The van der Waals surface area contributed by atoms with Gasteiger partial charge in [-0.05, 0) is 30.5 Å². The molecule has 0 spiro atoms. The quantitative estimate of drug-likeness (QED) is 0.853. The fourth-order valence-corrected chi connectivity index (χ4v) is 2.45. The Hall–Kier alpha value is -1.46. The summed E-state index contributed by atoms with van der Waals surface area (Å²) < 4.78 is 5.13. The Balaban J connectivity index is 2.15. The van der Waals surface area contributed by atoms with Crippen molar-refractivity contribution in [1.29, 1.82) is 0 Å². The lowest BCUT2D eigenvalue weighted by molar-refractivity contribution is -0.142. The first-order valence-electron chi connectivity index (χ1n) is 6.21. The average Bonchev–Trinajstić information content (AvgIpc) is 2.90. The molecule has 1 amide bonds. The Morgan fingerprint density at radius 1 is 1.61 bits per heavy atom. The molecule has 2 unspecified atom stereocenters. The van der Waals surface area contributed by atoms with Crippen LogP contribution < -0.4 is 5.73 Å². The molecule has 1 aliphatic rings. The van der Waals surface area contributed by atoms with E-state index in [9.17, 15) is 4.79 Å². The number of methoxy groups -OCH3 is 1.